The van der Waals surface area contributed by atoms with E-state index in [2.05, 4.69) is 16.1 Å². The molecule has 0 saturated heterocycles. The maximum atomic E-state index is 13.5. The van der Waals surface area contributed by atoms with E-state index in [1.807, 2.05) is 69.7 Å². The third-order valence-corrected chi connectivity index (χ3v) is 5.70. The van der Waals surface area contributed by atoms with Gasteiger partial charge in [-0.1, -0.05) is 42.5 Å². The Labute approximate surface area is 174 Å². The molecule has 148 valence electrons. The van der Waals surface area contributed by atoms with Crippen molar-refractivity contribution in [3.8, 4) is 6.07 Å². The maximum absolute atomic E-state index is 13.5. The van der Waals surface area contributed by atoms with Crippen molar-refractivity contribution in [3.05, 3.63) is 105 Å². The van der Waals surface area contributed by atoms with Crippen LogP contribution in [0.2, 0.25) is 0 Å². The first kappa shape index (κ1) is 18.3. The Kier molecular flexibility index (Phi) is 4.66. The van der Waals surface area contributed by atoms with Crippen molar-refractivity contribution >= 4 is 5.65 Å². The molecular weight excluding hydrogens is 374 g/mol. The van der Waals surface area contributed by atoms with Gasteiger partial charge >= 0.3 is 0 Å². The monoisotopic (exact) mass is 395 g/mol. The van der Waals surface area contributed by atoms with Gasteiger partial charge in [0.15, 0.2) is 0 Å². The average molecular weight is 395 g/mol. The van der Waals surface area contributed by atoms with Crippen molar-refractivity contribution in [3.63, 3.8) is 0 Å². The van der Waals surface area contributed by atoms with Gasteiger partial charge in [0.25, 0.3) is 5.56 Å². The highest BCUT2D eigenvalue weighted by Crippen LogP contribution is 2.20. The third-order valence-electron chi connectivity index (χ3n) is 5.70. The van der Waals surface area contributed by atoms with Crippen LogP contribution in [0.3, 0.4) is 0 Å². The molecule has 2 aromatic carbocycles. The minimum Gasteiger partial charge on any atom is -0.294 e. The molecule has 5 rings (SSSR count). The Balaban J connectivity index is 1.51. The molecule has 6 heteroatoms. The van der Waals surface area contributed by atoms with E-state index in [0.717, 1.165) is 41.0 Å². The summed E-state index contributed by atoms with van der Waals surface area (Å²) in [5.41, 5.74) is 5.53. The highest BCUT2D eigenvalue weighted by Gasteiger charge is 2.24. The van der Waals surface area contributed by atoms with Gasteiger partial charge in [-0.05, 0) is 23.3 Å². The van der Waals surface area contributed by atoms with Gasteiger partial charge in [-0.25, -0.2) is 4.52 Å². The van der Waals surface area contributed by atoms with Crippen LogP contribution in [0, 0.1) is 11.3 Å². The minimum atomic E-state index is 0.0531. The summed E-state index contributed by atoms with van der Waals surface area (Å²) >= 11 is 0. The predicted octanol–water partition coefficient (Wildman–Crippen LogP) is 2.97. The highest BCUT2D eigenvalue weighted by molar-refractivity contribution is 5.43. The van der Waals surface area contributed by atoms with Gasteiger partial charge in [0, 0.05) is 32.1 Å². The molecule has 0 atom stereocenters. The SMILES string of the molecule is N#Cc1cccc(CN2CCc3c(c(=O)n(Cc4ccccc4)c4ccnn34)C2)c1. The van der Waals surface area contributed by atoms with E-state index in [9.17, 15) is 4.79 Å². The molecule has 0 unspecified atom stereocenters. The van der Waals surface area contributed by atoms with E-state index in [0.29, 0.717) is 25.2 Å². The van der Waals surface area contributed by atoms with Gasteiger partial charge in [0.2, 0.25) is 0 Å². The molecule has 1 aliphatic rings. The maximum Gasteiger partial charge on any atom is 0.258 e. The molecule has 0 radical (unpaired) electrons. The van der Waals surface area contributed by atoms with Crippen molar-refractivity contribution in [2.24, 2.45) is 0 Å². The third kappa shape index (κ3) is 3.30. The molecule has 30 heavy (non-hydrogen) atoms. The van der Waals surface area contributed by atoms with Crippen LogP contribution in [0.25, 0.3) is 5.65 Å². The Morgan fingerprint density at radius 3 is 2.67 bits per heavy atom. The van der Waals surface area contributed by atoms with Crippen molar-refractivity contribution in [1.29, 1.82) is 5.26 Å². The second-order valence-electron chi connectivity index (χ2n) is 7.68. The first-order chi connectivity index (χ1) is 14.7. The van der Waals surface area contributed by atoms with E-state index >= 15 is 0 Å². The zero-order chi connectivity index (χ0) is 20.5. The fraction of sp³-hybridized carbons (Fsp3) is 0.208. The minimum absolute atomic E-state index is 0.0531. The summed E-state index contributed by atoms with van der Waals surface area (Å²) in [6.07, 6.45) is 2.53. The summed E-state index contributed by atoms with van der Waals surface area (Å²) in [5, 5.41) is 13.7. The molecule has 1 aliphatic heterocycles. The number of hydrogen-bond acceptors (Lipinski definition) is 4. The first-order valence-electron chi connectivity index (χ1n) is 10.1. The van der Waals surface area contributed by atoms with E-state index in [4.69, 9.17) is 5.26 Å². The number of nitriles is 1. The average Bonchev–Trinajstić information content (AvgIpc) is 3.27. The molecule has 2 aromatic heterocycles. The largest absolute Gasteiger partial charge is 0.294 e. The number of fused-ring (bicyclic) bond motifs is 3. The molecule has 0 bridgehead atoms. The van der Waals surface area contributed by atoms with Crippen LogP contribution in [-0.2, 0) is 26.1 Å². The first-order valence-corrected chi connectivity index (χ1v) is 10.1. The fourth-order valence-electron chi connectivity index (χ4n) is 4.26. The topological polar surface area (TPSA) is 66.3 Å². The zero-order valence-electron chi connectivity index (χ0n) is 16.5. The molecule has 4 aromatic rings. The second-order valence-corrected chi connectivity index (χ2v) is 7.68. The summed E-state index contributed by atoms with van der Waals surface area (Å²) in [7, 11) is 0. The van der Waals surface area contributed by atoms with Crippen LogP contribution in [0.5, 0.6) is 0 Å². The van der Waals surface area contributed by atoms with Gasteiger partial charge in [0.05, 0.1) is 35.6 Å². The van der Waals surface area contributed by atoms with Gasteiger partial charge in [0.1, 0.15) is 5.65 Å². The summed E-state index contributed by atoms with van der Waals surface area (Å²) in [5.74, 6) is 0. The lowest BCUT2D eigenvalue weighted by Crippen LogP contribution is -2.39. The fourth-order valence-corrected chi connectivity index (χ4v) is 4.26. The number of benzene rings is 2. The highest BCUT2D eigenvalue weighted by atomic mass is 16.1. The number of rotatable bonds is 4. The van der Waals surface area contributed by atoms with Crippen molar-refractivity contribution < 1.29 is 0 Å². The lowest BCUT2D eigenvalue weighted by atomic mass is 10.0. The van der Waals surface area contributed by atoms with E-state index in [1.54, 1.807) is 6.20 Å². The van der Waals surface area contributed by atoms with Crippen LogP contribution >= 0.6 is 0 Å². The quantitative estimate of drug-likeness (QED) is 0.533. The lowest BCUT2D eigenvalue weighted by Gasteiger charge is -2.29. The summed E-state index contributed by atoms with van der Waals surface area (Å²) in [4.78, 5) is 15.7. The van der Waals surface area contributed by atoms with Crippen molar-refractivity contribution in [2.45, 2.75) is 26.1 Å². The van der Waals surface area contributed by atoms with E-state index in [1.165, 1.54) is 0 Å². The molecule has 0 aliphatic carbocycles. The molecule has 0 amide bonds. The number of hydrogen-bond donors (Lipinski definition) is 0. The van der Waals surface area contributed by atoms with Crippen LogP contribution in [0.15, 0.2) is 71.7 Å². The zero-order valence-corrected chi connectivity index (χ0v) is 16.5. The van der Waals surface area contributed by atoms with Crippen LogP contribution < -0.4 is 5.56 Å². The molecule has 0 N–H and O–H groups in total. The molecule has 0 saturated carbocycles. The van der Waals surface area contributed by atoms with Gasteiger partial charge in [-0.15, -0.1) is 0 Å². The Bertz CT molecular complexity index is 1310. The van der Waals surface area contributed by atoms with E-state index in [-0.39, 0.29) is 5.56 Å². The van der Waals surface area contributed by atoms with Crippen molar-refractivity contribution in [2.75, 3.05) is 6.54 Å². The Morgan fingerprint density at radius 2 is 1.83 bits per heavy atom. The lowest BCUT2D eigenvalue weighted by molar-refractivity contribution is 0.239. The smallest absolute Gasteiger partial charge is 0.258 e. The van der Waals surface area contributed by atoms with E-state index < -0.39 is 0 Å². The Hall–Kier alpha value is -3.69. The van der Waals surface area contributed by atoms with Crippen LogP contribution in [0.1, 0.15) is 27.9 Å². The van der Waals surface area contributed by atoms with Gasteiger partial charge < -0.3 is 0 Å². The summed E-state index contributed by atoms with van der Waals surface area (Å²) in [6, 6.07) is 21.8. The summed E-state index contributed by atoms with van der Waals surface area (Å²) in [6.45, 7) is 2.66. The van der Waals surface area contributed by atoms with Crippen LogP contribution in [0.4, 0.5) is 0 Å². The number of nitrogens with zero attached hydrogens (tertiary/aromatic N) is 5. The normalized spacial score (nSPS) is 13.8. The molecule has 0 fully saturated rings. The molecule has 0 spiro atoms. The second kappa shape index (κ2) is 7.62. The van der Waals surface area contributed by atoms with Gasteiger partial charge in [-0.3, -0.25) is 14.3 Å². The van der Waals surface area contributed by atoms with Gasteiger partial charge in [-0.2, -0.15) is 10.4 Å². The standard InChI is InChI=1S/C24H21N5O/c25-14-19-7-4-8-20(13-19)15-27-12-10-22-21(17-27)24(30)28(23-9-11-26-29(22)23)16-18-5-2-1-3-6-18/h1-9,11,13H,10,12,15-17H2. The summed E-state index contributed by atoms with van der Waals surface area (Å²) < 4.78 is 3.74. The molecule has 3 heterocycles. The Morgan fingerprint density at radius 1 is 1.00 bits per heavy atom. The molecule has 6 nitrogen and oxygen atoms in total. The van der Waals surface area contributed by atoms with Crippen molar-refractivity contribution in [1.82, 2.24) is 19.1 Å². The molecular formula is C24H21N5O. The predicted molar refractivity (Wildman–Crippen MR) is 114 cm³/mol. The van der Waals surface area contributed by atoms with Crippen LogP contribution in [-0.4, -0.2) is 25.6 Å². The number of aromatic nitrogens is 3.